The summed E-state index contributed by atoms with van der Waals surface area (Å²) in [5.41, 5.74) is 0.965. The van der Waals surface area contributed by atoms with E-state index in [9.17, 15) is 9.90 Å². The van der Waals surface area contributed by atoms with Crippen LogP contribution in [0.25, 0.3) is 0 Å². The van der Waals surface area contributed by atoms with Gasteiger partial charge in [0.1, 0.15) is 17.3 Å². The van der Waals surface area contributed by atoms with E-state index < -0.39 is 5.60 Å². The van der Waals surface area contributed by atoms with Gasteiger partial charge in [0.05, 0.1) is 12.0 Å². The number of ether oxygens (including phenoxy) is 2. The van der Waals surface area contributed by atoms with E-state index in [0.717, 1.165) is 50.0 Å². The molecule has 1 spiro atoms. The number of carbonyl (C=O) groups excluding carboxylic acids is 1. The van der Waals surface area contributed by atoms with Crippen molar-refractivity contribution < 1.29 is 19.4 Å². The maximum atomic E-state index is 13.2. The van der Waals surface area contributed by atoms with Crippen LogP contribution in [0.15, 0.2) is 60.7 Å². The minimum atomic E-state index is -1.02. The molecule has 202 valence electrons. The Bertz CT molecular complexity index is 1140. The number of piperidine rings is 1. The van der Waals surface area contributed by atoms with Gasteiger partial charge < -0.3 is 19.5 Å². The largest absolute Gasteiger partial charge is 0.462 e. The van der Waals surface area contributed by atoms with Crippen LogP contribution >= 0.6 is 0 Å². The number of carbonyl (C=O) groups is 1. The van der Waals surface area contributed by atoms with Crippen LogP contribution in [0.5, 0.6) is 0 Å². The number of likely N-dealkylation sites (tertiary alicyclic amines) is 1. The summed E-state index contributed by atoms with van der Waals surface area (Å²) >= 11 is 0. The predicted octanol–water partition coefficient (Wildman–Crippen LogP) is 5.16. The minimum absolute atomic E-state index is 0.00205. The van der Waals surface area contributed by atoms with Crippen LogP contribution in [-0.2, 0) is 19.9 Å². The molecule has 2 aliphatic carbocycles. The molecule has 0 aromatic heterocycles. The van der Waals surface area contributed by atoms with Crippen molar-refractivity contribution in [3.63, 3.8) is 0 Å². The van der Waals surface area contributed by atoms with Crippen molar-refractivity contribution in [1.29, 1.82) is 0 Å². The van der Waals surface area contributed by atoms with Crippen LogP contribution in [0, 0.1) is 29.1 Å². The average molecular weight is 516 g/mol. The first-order valence-corrected chi connectivity index (χ1v) is 14.8. The molecule has 2 saturated carbocycles. The fourth-order valence-electron chi connectivity index (χ4n) is 9.28. The molecule has 3 aliphatic heterocycles. The van der Waals surface area contributed by atoms with Gasteiger partial charge in [-0.2, -0.15) is 0 Å². The number of benzene rings is 2. The Balaban J connectivity index is 1.07. The lowest BCUT2D eigenvalue weighted by atomic mass is 9.53. The highest BCUT2D eigenvalue weighted by molar-refractivity contribution is 5.76. The number of rotatable bonds is 5. The number of fused-ring (bicyclic) bond motifs is 2. The molecule has 0 bridgehead atoms. The number of nitrogens with zero attached hydrogens (tertiary/aromatic N) is 1. The van der Waals surface area contributed by atoms with E-state index >= 15 is 0 Å². The van der Waals surface area contributed by atoms with E-state index in [0.29, 0.717) is 5.92 Å². The first kappa shape index (κ1) is 24.8. The van der Waals surface area contributed by atoms with E-state index in [-0.39, 0.29) is 46.9 Å². The molecule has 5 nitrogen and oxygen atoms in total. The van der Waals surface area contributed by atoms with Crippen molar-refractivity contribution in [2.45, 2.75) is 75.8 Å². The summed E-state index contributed by atoms with van der Waals surface area (Å²) in [5.74, 6) is 0.710. The molecule has 3 saturated heterocycles. The van der Waals surface area contributed by atoms with E-state index in [1.807, 2.05) is 60.7 Å². The van der Waals surface area contributed by atoms with Crippen molar-refractivity contribution in [1.82, 2.24) is 4.90 Å². The molecule has 2 aromatic carbocycles. The summed E-state index contributed by atoms with van der Waals surface area (Å²) in [7, 11) is 0. The third kappa shape index (κ3) is 3.51. The lowest BCUT2D eigenvalue weighted by molar-refractivity contribution is -0.146. The van der Waals surface area contributed by atoms with Gasteiger partial charge in [0.25, 0.3) is 0 Å². The van der Waals surface area contributed by atoms with Gasteiger partial charge in [-0.05, 0) is 68.2 Å². The van der Waals surface area contributed by atoms with Crippen LogP contribution in [0.1, 0.15) is 63.5 Å². The van der Waals surface area contributed by atoms with Gasteiger partial charge in [0.2, 0.25) is 0 Å². The standard InChI is InChI=1S/C33H41NO4/c1-22-10-9-17-31(2)20-27-28(29-33(22,31)38-29)26(30(35)37-27)21-34-18-15-25(16-19-34)32(36,23-11-5-3-6-12-23)24-13-7-4-8-14-24/h3-8,11-14,22,25-29,36H,9-10,15-21H2,1-2H3/t22-,26-,27-,28+,29+,31+,33-/m1/s1. The third-order valence-corrected chi connectivity index (χ3v) is 11.3. The van der Waals surface area contributed by atoms with E-state index in [4.69, 9.17) is 9.47 Å². The topological polar surface area (TPSA) is 62.3 Å². The molecule has 7 rings (SSSR count). The Labute approximate surface area is 226 Å². The molecule has 3 heterocycles. The van der Waals surface area contributed by atoms with Crippen LogP contribution in [0.4, 0.5) is 0 Å². The maximum Gasteiger partial charge on any atom is 0.311 e. The summed E-state index contributed by atoms with van der Waals surface area (Å²) in [5, 5.41) is 12.2. The Morgan fingerprint density at radius 2 is 1.63 bits per heavy atom. The quantitative estimate of drug-likeness (QED) is 0.440. The van der Waals surface area contributed by atoms with E-state index in [1.54, 1.807) is 0 Å². The Kier molecular flexibility index (Phi) is 5.81. The molecular weight excluding hydrogens is 474 g/mol. The summed E-state index contributed by atoms with van der Waals surface area (Å²) in [6, 6.07) is 20.2. The Hall–Kier alpha value is -2.21. The normalized spacial score (nSPS) is 39.1. The van der Waals surface area contributed by atoms with Crippen molar-refractivity contribution >= 4 is 5.97 Å². The number of hydrogen-bond acceptors (Lipinski definition) is 5. The van der Waals surface area contributed by atoms with Gasteiger partial charge in [-0.15, -0.1) is 0 Å². The minimum Gasteiger partial charge on any atom is -0.462 e. The maximum absolute atomic E-state index is 13.2. The Morgan fingerprint density at radius 1 is 1.00 bits per heavy atom. The smallest absolute Gasteiger partial charge is 0.311 e. The van der Waals surface area contributed by atoms with Gasteiger partial charge in [0.15, 0.2) is 0 Å². The van der Waals surface area contributed by atoms with Crippen molar-refractivity contribution in [2.24, 2.45) is 29.1 Å². The Morgan fingerprint density at radius 3 is 2.26 bits per heavy atom. The van der Waals surface area contributed by atoms with Gasteiger partial charge in [-0.1, -0.05) is 80.9 Å². The van der Waals surface area contributed by atoms with Gasteiger partial charge in [-0.25, -0.2) is 0 Å². The number of hydrogen-bond donors (Lipinski definition) is 1. The van der Waals surface area contributed by atoms with Crippen LogP contribution in [0.3, 0.4) is 0 Å². The number of aliphatic hydroxyl groups is 1. The first-order valence-electron chi connectivity index (χ1n) is 14.8. The molecule has 0 unspecified atom stereocenters. The highest BCUT2D eigenvalue weighted by atomic mass is 16.6. The third-order valence-electron chi connectivity index (χ3n) is 11.3. The van der Waals surface area contributed by atoms with Crippen molar-refractivity contribution in [3.05, 3.63) is 71.8 Å². The molecule has 5 fully saturated rings. The number of esters is 1. The lowest BCUT2D eigenvalue weighted by Gasteiger charge is -2.49. The second-order valence-electron chi connectivity index (χ2n) is 13.1. The lowest BCUT2D eigenvalue weighted by Crippen LogP contribution is -2.55. The molecule has 38 heavy (non-hydrogen) atoms. The van der Waals surface area contributed by atoms with E-state index in [2.05, 4.69) is 18.7 Å². The highest BCUT2D eigenvalue weighted by Gasteiger charge is 2.78. The molecule has 2 aromatic rings. The van der Waals surface area contributed by atoms with Gasteiger partial charge >= 0.3 is 5.97 Å². The molecule has 5 heteroatoms. The molecule has 0 radical (unpaired) electrons. The van der Waals surface area contributed by atoms with Crippen LogP contribution in [0.2, 0.25) is 0 Å². The molecule has 1 N–H and O–H groups in total. The zero-order valence-electron chi connectivity index (χ0n) is 22.7. The summed E-state index contributed by atoms with van der Waals surface area (Å²) in [4.78, 5) is 15.7. The molecular formula is C33H41NO4. The fourth-order valence-corrected chi connectivity index (χ4v) is 9.28. The zero-order valence-corrected chi connectivity index (χ0v) is 22.7. The second-order valence-corrected chi connectivity index (χ2v) is 13.1. The fraction of sp³-hybridized carbons (Fsp3) is 0.606. The summed E-state index contributed by atoms with van der Waals surface area (Å²) in [6.45, 7) is 7.22. The zero-order chi connectivity index (χ0) is 26.1. The van der Waals surface area contributed by atoms with E-state index in [1.165, 1.54) is 19.3 Å². The summed E-state index contributed by atoms with van der Waals surface area (Å²) < 4.78 is 12.7. The molecule has 0 amide bonds. The van der Waals surface area contributed by atoms with Gasteiger partial charge in [-0.3, -0.25) is 4.79 Å². The van der Waals surface area contributed by atoms with Crippen molar-refractivity contribution in [2.75, 3.05) is 19.6 Å². The number of epoxide rings is 1. The molecule has 5 aliphatic rings. The van der Waals surface area contributed by atoms with Crippen LogP contribution in [-0.4, -0.2) is 53.4 Å². The monoisotopic (exact) mass is 515 g/mol. The highest BCUT2D eigenvalue weighted by Crippen LogP contribution is 2.70. The molecule has 7 atom stereocenters. The average Bonchev–Trinajstić information content (AvgIpc) is 3.63. The summed E-state index contributed by atoms with van der Waals surface area (Å²) in [6.07, 6.45) is 6.53. The van der Waals surface area contributed by atoms with Gasteiger partial charge in [0, 0.05) is 17.9 Å². The van der Waals surface area contributed by atoms with Crippen molar-refractivity contribution in [3.8, 4) is 0 Å². The second kappa shape index (κ2) is 8.90. The first-order chi connectivity index (χ1) is 18.4. The SMILES string of the molecule is C[C@@H]1CCC[C@@]2(C)C[C@H]3OC(=O)[C@H](CN4CCC(C(O)(c5ccccc5)c5ccccc5)CC4)[C@@H]3[C@@H]3O[C@]132. The van der Waals surface area contributed by atoms with Crippen LogP contribution < -0.4 is 0 Å². The predicted molar refractivity (Wildman–Crippen MR) is 145 cm³/mol.